The monoisotopic (exact) mass is 266 g/mol. The van der Waals surface area contributed by atoms with Crippen molar-refractivity contribution in [2.75, 3.05) is 26.0 Å². The lowest BCUT2D eigenvalue weighted by molar-refractivity contribution is -0.129. The number of ether oxygens (including phenoxy) is 2. The van der Waals surface area contributed by atoms with Crippen LogP contribution in [0.5, 0.6) is 0 Å². The molecular formula is C13H18N2O4. The molecule has 6 heteroatoms. The molecule has 0 aliphatic heterocycles. The molecule has 0 saturated heterocycles. The summed E-state index contributed by atoms with van der Waals surface area (Å²) in [6, 6.07) is 6.54. The van der Waals surface area contributed by atoms with Crippen molar-refractivity contribution in [2.45, 2.75) is 13.0 Å². The Kier molecular flexibility index (Phi) is 5.81. The van der Waals surface area contributed by atoms with Gasteiger partial charge in [-0.05, 0) is 19.1 Å². The summed E-state index contributed by atoms with van der Waals surface area (Å²) in [5, 5.41) is 2.58. The molecule has 0 bridgehead atoms. The number of hydrogen-bond acceptors (Lipinski definition) is 5. The van der Waals surface area contributed by atoms with E-state index >= 15 is 0 Å². The second-order valence-corrected chi connectivity index (χ2v) is 3.92. The van der Waals surface area contributed by atoms with Gasteiger partial charge < -0.3 is 20.5 Å². The zero-order chi connectivity index (χ0) is 14.3. The van der Waals surface area contributed by atoms with E-state index in [-0.39, 0.29) is 11.5 Å². The van der Waals surface area contributed by atoms with Crippen molar-refractivity contribution in [2.24, 2.45) is 0 Å². The number of nitrogens with one attached hydrogen (secondary N) is 1. The first-order chi connectivity index (χ1) is 9.06. The highest BCUT2D eigenvalue weighted by atomic mass is 16.5. The van der Waals surface area contributed by atoms with E-state index in [0.29, 0.717) is 18.8 Å². The molecule has 19 heavy (non-hydrogen) atoms. The molecule has 6 nitrogen and oxygen atoms in total. The first-order valence-corrected chi connectivity index (χ1v) is 5.88. The fraction of sp³-hybridized carbons (Fsp3) is 0.385. The van der Waals surface area contributed by atoms with Crippen molar-refractivity contribution in [1.29, 1.82) is 0 Å². The van der Waals surface area contributed by atoms with Gasteiger partial charge >= 0.3 is 5.97 Å². The second kappa shape index (κ2) is 7.38. The Hall–Kier alpha value is -2.08. The molecule has 0 saturated carbocycles. The lowest BCUT2D eigenvalue weighted by Crippen LogP contribution is -2.37. The van der Waals surface area contributed by atoms with Crippen LogP contribution in [0.2, 0.25) is 0 Å². The number of carbonyl (C=O) groups is 2. The standard InChI is InChI=1S/C13H18N2O4/c1-9(12(16)15-7-8-18-2)19-13(17)10-5-3-4-6-11(10)14/h3-6,9H,7-8,14H2,1-2H3,(H,15,16). The number of nitrogens with two attached hydrogens (primary N) is 1. The number of para-hydroxylation sites is 1. The van der Waals surface area contributed by atoms with Gasteiger partial charge in [0.05, 0.1) is 12.2 Å². The third-order valence-corrected chi connectivity index (χ3v) is 2.44. The van der Waals surface area contributed by atoms with Gasteiger partial charge in [-0.3, -0.25) is 4.79 Å². The zero-order valence-corrected chi connectivity index (χ0v) is 11.0. The molecule has 1 aromatic rings. The third kappa shape index (κ3) is 4.59. The highest BCUT2D eigenvalue weighted by Crippen LogP contribution is 2.12. The van der Waals surface area contributed by atoms with Crippen molar-refractivity contribution < 1.29 is 19.1 Å². The predicted octanol–water partition coefficient (Wildman–Crippen LogP) is 0.577. The molecule has 0 radical (unpaired) electrons. The van der Waals surface area contributed by atoms with Crippen molar-refractivity contribution in [1.82, 2.24) is 5.32 Å². The molecule has 1 unspecified atom stereocenters. The summed E-state index contributed by atoms with van der Waals surface area (Å²) in [7, 11) is 1.54. The van der Waals surface area contributed by atoms with E-state index in [0.717, 1.165) is 0 Å². The Balaban J connectivity index is 2.52. The van der Waals surface area contributed by atoms with Gasteiger partial charge in [0.15, 0.2) is 6.10 Å². The summed E-state index contributed by atoms with van der Waals surface area (Å²) < 4.78 is 9.84. The molecule has 0 aromatic heterocycles. The minimum Gasteiger partial charge on any atom is -0.449 e. The van der Waals surface area contributed by atoms with Crippen LogP contribution in [0.4, 0.5) is 5.69 Å². The summed E-state index contributed by atoms with van der Waals surface area (Å²) in [4.78, 5) is 23.4. The zero-order valence-electron chi connectivity index (χ0n) is 11.0. The van der Waals surface area contributed by atoms with Gasteiger partial charge in [0.25, 0.3) is 5.91 Å². The quantitative estimate of drug-likeness (QED) is 0.446. The molecule has 1 aromatic carbocycles. The Morgan fingerprint density at radius 2 is 2.05 bits per heavy atom. The largest absolute Gasteiger partial charge is 0.449 e. The number of anilines is 1. The molecule has 0 spiro atoms. The average Bonchev–Trinajstić information content (AvgIpc) is 2.39. The Morgan fingerprint density at radius 3 is 2.68 bits per heavy atom. The molecule has 0 aliphatic rings. The van der Waals surface area contributed by atoms with Crippen molar-refractivity contribution in [3.8, 4) is 0 Å². The minimum atomic E-state index is -0.885. The number of nitrogen functional groups attached to an aromatic ring is 1. The summed E-state index contributed by atoms with van der Waals surface area (Å²) in [6.45, 7) is 2.27. The van der Waals surface area contributed by atoms with Crippen LogP contribution in [-0.2, 0) is 14.3 Å². The first-order valence-electron chi connectivity index (χ1n) is 5.88. The molecular weight excluding hydrogens is 248 g/mol. The Labute approximate surface area is 111 Å². The lowest BCUT2D eigenvalue weighted by Gasteiger charge is -2.14. The van der Waals surface area contributed by atoms with E-state index in [1.54, 1.807) is 24.3 Å². The van der Waals surface area contributed by atoms with E-state index in [1.165, 1.54) is 14.0 Å². The maximum Gasteiger partial charge on any atom is 0.341 e. The molecule has 1 atom stereocenters. The second-order valence-electron chi connectivity index (χ2n) is 3.92. The van der Waals surface area contributed by atoms with E-state index in [2.05, 4.69) is 5.32 Å². The van der Waals surface area contributed by atoms with Crippen molar-refractivity contribution >= 4 is 17.6 Å². The average molecular weight is 266 g/mol. The predicted molar refractivity (Wildman–Crippen MR) is 70.6 cm³/mol. The van der Waals surface area contributed by atoms with Crippen LogP contribution in [0.15, 0.2) is 24.3 Å². The number of amides is 1. The molecule has 0 heterocycles. The number of benzene rings is 1. The van der Waals surface area contributed by atoms with Crippen LogP contribution in [0.25, 0.3) is 0 Å². The van der Waals surface area contributed by atoms with Crippen LogP contribution in [-0.4, -0.2) is 38.2 Å². The molecule has 104 valence electrons. The maximum atomic E-state index is 11.8. The van der Waals surface area contributed by atoms with Gasteiger partial charge in [0.2, 0.25) is 0 Å². The van der Waals surface area contributed by atoms with Crippen molar-refractivity contribution in [3.63, 3.8) is 0 Å². The van der Waals surface area contributed by atoms with E-state index in [9.17, 15) is 9.59 Å². The smallest absolute Gasteiger partial charge is 0.341 e. The van der Waals surface area contributed by atoms with Crippen LogP contribution < -0.4 is 11.1 Å². The van der Waals surface area contributed by atoms with Crippen LogP contribution in [0.1, 0.15) is 17.3 Å². The maximum absolute atomic E-state index is 11.8. The fourth-order valence-electron chi connectivity index (χ4n) is 1.38. The summed E-state index contributed by atoms with van der Waals surface area (Å²) >= 11 is 0. The lowest BCUT2D eigenvalue weighted by atomic mass is 10.2. The van der Waals surface area contributed by atoms with Crippen LogP contribution in [0.3, 0.4) is 0 Å². The molecule has 1 amide bonds. The van der Waals surface area contributed by atoms with Gasteiger partial charge in [-0.25, -0.2) is 4.79 Å². The van der Waals surface area contributed by atoms with Crippen LogP contribution >= 0.6 is 0 Å². The number of rotatable bonds is 6. The van der Waals surface area contributed by atoms with Gasteiger partial charge in [-0.2, -0.15) is 0 Å². The molecule has 1 rings (SSSR count). The normalized spacial score (nSPS) is 11.7. The number of hydrogen-bond donors (Lipinski definition) is 2. The van der Waals surface area contributed by atoms with Gasteiger partial charge in [0.1, 0.15) is 0 Å². The van der Waals surface area contributed by atoms with E-state index in [1.807, 2.05) is 0 Å². The topological polar surface area (TPSA) is 90.6 Å². The fourth-order valence-corrected chi connectivity index (χ4v) is 1.38. The molecule has 3 N–H and O–H groups in total. The van der Waals surface area contributed by atoms with Crippen molar-refractivity contribution in [3.05, 3.63) is 29.8 Å². The van der Waals surface area contributed by atoms with E-state index in [4.69, 9.17) is 15.2 Å². The molecule has 0 fully saturated rings. The SMILES string of the molecule is COCCNC(=O)C(C)OC(=O)c1ccccc1N. The summed E-state index contributed by atoms with van der Waals surface area (Å²) in [5.41, 5.74) is 6.22. The number of carbonyl (C=O) groups excluding carboxylic acids is 2. The number of methoxy groups -OCH3 is 1. The summed E-state index contributed by atoms with van der Waals surface area (Å²) in [6.07, 6.45) is -0.885. The minimum absolute atomic E-state index is 0.249. The van der Waals surface area contributed by atoms with Gasteiger partial charge in [-0.15, -0.1) is 0 Å². The third-order valence-electron chi connectivity index (χ3n) is 2.44. The van der Waals surface area contributed by atoms with Crippen LogP contribution in [0, 0.1) is 0 Å². The van der Waals surface area contributed by atoms with E-state index < -0.39 is 12.1 Å². The highest BCUT2D eigenvalue weighted by molar-refractivity contribution is 5.96. The summed E-state index contributed by atoms with van der Waals surface area (Å²) in [5.74, 6) is -0.993. The van der Waals surface area contributed by atoms with Gasteiger partial charge in [0, 0.05) is 19.3 Å². The Morgan fingerprint density at radius 1 is 1.37 bits per heavy atom. The molecule has 0 aliphatic carbocycles. The number of esters is 1. The van der Waals surface area contributed by atoms with Gasteiger partial charge in [-0.1, -0.05) is 12.1 Å². The highest BCUT2D eigenvalue weighted by Gasteiger charge is 2.19. The first kappa shape index (κ1) is 15.0. The Bertz CT molecular complexity index is 448.